The van der Waals surface area contributed by atoms with E-state index in [1.165, 1.54) is 0 Å². The molecule has 0 bridgehead atoms. The lowest BCUT2D eigenvalue weighted by atomic mass is 10.1. The molecule has 0 aliphatic rings. The molecular formula is C35H21N5O. The van der Waals surface area contributed by atoms with Crippen LogP contribution >= 0.6 is 0 Å². The molecule has 0 spiro atoms. The average Bonchev–Trinajstić information content (AvgIpc) is 3.42. The average molecular weight is 528 g/mol. The topological polar surface area (TPSA) is 77.6 Å². The lowest BCUT2D eigenvalue weighted by molar-refractivity contribution is 0.654. The van der Waals surface area contributed by atoms with Gasteiger partial charge < -0.3 is 4.42 Å². The van der Waals surface area contributed by atoms with Gasteiger partial charge >= 0.3 is 0 Å². The van der Waals surface area contributed by atoms with Gasteiger partial charge in [-0.3, -0.25) is 4.98 Å². The normalized spacial score (nSPS) is 11.4. The fourth-order valence-corrected chi connectivity index (χ4v) is 5.19. The first-order valence-electron chi connectivity index (χ1n) is 13.3. The molecule has 4 aromatic carbocycles. The van der Waals surface area contributed by atoms with Gasteiger partial charge in [-0.25, -0.2) is 19.9 Å². The highest BCUT2D eigenvalue weighted by Gasteiger charge is 2.16. The van der Waals surface area contributed by atoms with E-state index in [2.05, 4.69) is 23.2 Å². The van der Waals surface area contributed by atoms with E-state index in [-0.39, 0.29) is 0 Å². The third-order valence-electron chi connectivity index (χ3n) is 7.21. The molecule has 8 rings (SSSR count). The summed E-state index contributed by atoms with van der Waals surface area (Å²) in [5.74, 6) is 1.81. The van der Waals surface area contributed by atoms with E-state index in [9.17, 15) is 0 Å². The molecule has 0 aliphatic carbocycles. The van der Waals surface area contributed by atoms with E-state index in [0.29, 0.717) is 23.2 Å². The van der Waals surface area contributed by atoms with Gasteiger partial charge in [0.1, 0.15) is 5.58 Å². The number of benzene rings is 4. The molecule has 0 amide bonds. The molecule has 0 fully saturated rings. The number of nitrogens with zero attached hydrogens (tertiary/aromatic N) is 5. The maximum absolute atomic E-state index is 6.31. The molecule has 0 unspecified atom stereocenters. The number of hydrogen-bond acceptors (Lipinski definition) is 6. The zero-order valence-corrected chi connectivity index (χ0v) is 21.8. The Morgan fingerprint density at radius 3 is 1.83 bits per heavy atom. The summed E-state index contributed by atoms with van der Waals surface area (Å²) in [7, 11) is 0. The Kier molecular flexibility index (Phi) is 5.35. The maximum Gasteiger partial charge on any atom is 0.227 e. The highest BCUT2D eigenvalue weighted by Crippen LogP contribution is 2.34. The third kappa shape index (κ3) is 4.10. The van der Waals surface area contributed by atoms with Crippen LogP contribution in [-0.4, -0.2) is 24.9 Å². The van der Waals surface area contributed by atoms with Gasteiger partial charge in [0.2, 0.25) is 5.71 Å². The lowest BCUT2D eigenvalue weighted by Gasteiger charge is -2.08. The predicted octanol–water partition coefficient (Wildman–Crippen LogP) is 8.38. The monoisotopic (exact) mass is 527 g/mol. The van der Waals surface area contributed by atoms with Gasteiger partial charge in [-0.15, -0.1) is 0 Å². The van der Waals surface area contributed by atoms with E-state index in [1.807, 2.05) is 109 Å². The fourth-order valence-electron chi connectivity index (χ4n) is 5.19. The minimum Gasteiger partial charge on any atom is -0.438 e. The number of fused-ring (bicyclic) bond motifs is 4. The molecule has 0 radical (unpaired) electrons. The van der Waals surface area contributed by atoms with E-state index in [0.717, 1.165) is 55.2 Å². The summed E-state index contributed by atoms with van der Waals surface area (Å²) >= 11 is 0. The summed E-state index contributed by atoms with van der Waals surface area (Å²) < 4.78 is 6.31. The first-order valence-corrected chi connectivity index (χ1v) is 13.3. The second-order valence-corrected chi connectivity index (χ2v) is 9.78. The Morgan fingerprint density at radius 2 is 1.10 bits per heavy atom. The van der Waals surface area contributed by atoms with Crippen LogP contribution in [-0.2, 0) is 0 Å². The summed E-state index contributed by atoms with van der Waals surface area (Å²) in [6.45, 7) is 0. The van der Waals surface area contributed by atoms with Crippen LogP contribution in [0, 0.1) is 0 Å². The molecule has 0 atom stereocenters. The van der Waals surface area contributed by atoms with Crippen LogP contribution in [0.15, 0.2) is 132 Å². The van der Waals surface area contributed by atoms with Crippen molar-refractivity contribution in [2.75, 3.05) is 0 Å². The number of furan rings is 1. The van der Waals surface area contributed by atoms with Crippen molar-refractivity contribution in [1.29, 1.82) is 0 Å². The van der Waals surface area contributed by atoms with E-state index in [1.54, 1.807) is 0 Å². The molecule has 6 nitrogen and oxygen atoms in total. The first kappa shape index (κ1) is 23.2. The Hall–Kier alpha value is -5.75. The number of pyridine rings is 2. The minimum atomic E-state index is 0.565. The summed E-state index contributed by atoms with van der Waals surface area (Å²) in [4.78, 5) is 24.0. The Bertz CT molecular complexity index is 2150. The van der Waals surface area contributed by atoms with Gasteiger partial charge in [0.15, 0.2) is 17.5 Å². The highest BCUT2D eigenvalue weighted by atomic mass is 16.3. The standard InChI is InChI=1S/C35H21N5O/c1-3-10-23(11-4-1)32-38-33(24-12-5-2-6-13-24)40-34(39-32)25-15-16-27-28-17-18-29(37-35(28)41-30(27)21-25)31-26-14-8-7-9-22(26)19-20-36-31/h1-21H. The lowest BCUT2D eigenvalue weighted by Crippen LogP contribution is -2.00. The second kappa shape index (κ2) is 9.47. The highest BCUT2D eigenvalue weighted by molar-refractivity contribution is 6.05. The van der Waals surface area contributed by atoms with Crippen molar-refractivity contribution in [2.24, 2.45) is 0 Å². The molecule has 0 aliphatic heterocycles. The van der Waals surface area contributed by atoms with Crippen LogP contribution in [0.5, 0.6) is 0 Å². The van der Waals surface area contributed by atoms with Crippen LogP contribution in [0.25, 0.3) is 78.4 Å². The molecule has 8 aromatic rings. The minimum absolute atomic E-state index is 0.565. The van der Waals surface area contributed by atoms with Crippen molar-refractivity contribution < 1.29 is 4.42 Å². The number of hydrogen-bond donors (Lipinski definition) is 0. The van der Waals surface area contributed by atoms with Gasteiger partial charge in [0.05, 0.1) is 11.4 Å². The smallest absolute Gasteiger partial charge is 0.227 e. The summed E-state index contributed by atoms with van der Waals surface area (Å²) in [6.07, 6.45) is 1.82. The fraction of sp³-hybridized carbons (Fsp3) is 0. The summed E-state index contributed by atoms with van der Waals surface area (Å²) in [5, 5.41) is 4.10. The Labute approximate surface area is 235 Å². The molecular weight excluding hydrogens is 506 g/mol. The second-order valence-electron chi connectivity index (χ2n) is 9.78. The van der Waals surface area contributed by atoms with Crippen molar-refractivity contribution in [3.8, 4) is 45.6 Å². The van der Waals surface area contributed by atoms with Crippen LogP contribution < -0.4 is 0 Å². The molecule has 41 heavy (non-hydrogen) atoms. The van der Waals surface area contributed by atoms with Crippen molar-refractivity contribution in [1.82, 2.24) is 24.9 Å². The largest absolute Gasteiger partial charge is 0.438 e. The SMILES string of the molecule is c1ccc(-c2nc(-c3ccccc3)nc(-c3ccc4c(c3)oc3nc(-c5nccc6ccccc56)ccc34)n2)cc1. The van der Waals surface area contributed by atoms with Crippen LogP contribution in [0.1, 0.15) is 0 Å². The van der Waals surface area contributed by atoms with E-state index in [4.69, 9.17) is 24.4 Å². The van der Waals surface area contributed by atoms with Crippen LogP contribution in [0.4, 0.5) is 0 Å². The molecule has 0 saturated carbocycles. The van der Waals surface area contributed by atoms with Gasteiger partial charge in [-0.05, 0) is 35.7 Å². The van der Waals surface area contributed by atoms with Gasteiger partial charge in [-0.1, -0.05) is 91.0 Å². The quantitative estimate of drug-likeness (QED) is 0.229. The Morgan fingerprint density at radius 1 is 0.463 bits per heavy atom. The van der Waals surface area contributed by atoms with Gasteiger partial charge in [-0.2, -0.15) is 0 Å². The van der Waals surface area contributed by atoms with Crippen LogP contribution in [0.2, 0.25) is 0 Å². The molecule has 192 valence electrons. The van der Waals surface area contributed by atoms with Crippen molar-refractivity contribution in [2.45, 2.75) is 0 Å². The molecule has 0 N–H and O–H groups in total. The zero-order valence-electron chi connectivity index (χ0n) is 21.8. The predicted molar refractivity (Wildman–Crippen MR) is 162 cm³/mol. The van der Waals surface area contributed by atoms with Crippen LogP contribution in [0.3, 0.4) is 0 Å². The summed E-state index contributed by atoms with van der Waals surface area (Å²) in [5.41, 5.74) is 5.58. The van der Waals surface area contributed by atoms with E-state index < -0.39 is 0 Å². The molecule has 4 heterocycles. The first-order chi connectivity index (χ1) is 20.3. The van der Waals surface area contributed by atoms with Crippen molar-refractivity contribution in [3.63, 3.8) is 0 Å². The Balaban J connectivity index is 1.26. The molecule has 6 heteroatoms. The van der Waals surface area contributed by atoms with Crippen molar-refractivity contribution >= 4 is 32.8 Å². The molecule has 0 saturated heterocycles. The third-order valence-corrected chi connectivity index (χ3v) is 7.21. The van der Waals surface area contributed by atoms with Gasteiger partial charge in [0, 0.05) is 39.0 Å². The zero-order chi connectivity index (χ0) is 27.2. The van der Waals surface area contributed by atoms with Gasteiger partial charge in [0.25, 0.3) is 0 Å². The number of rotatable bonds is 4. The maximum atomic E-state index is 6.31. The number of aromatic nitrogens is 5. The summed E-state index contributed by atoms with van der Waals surface area (Å²) in [6, 6.07) is 40.2. The van der Waals surface area contributed by atoms with E-state index >= 15 is 0 Å². The van der Waals surface area contributed by atoms with Crippen molar-refractivity contribution in [3.05, 3.63) is 128 Å². The molecule has 4 aromatic heterocycles.